The summed E-state index contributed by atoms with van der Waals surface area (Å²) in [7, 11) is 0. The van der Waals surface area contributed by atoms with Crippen LogP contribution in [0.1, 0.15) is 12.5 Å². The van der Waals surface area contributed by atoms with Crippen molar-refractivity contribution in [3.63, 3.8) is 0 Å². The maximum atomic E-state index is 5.72. The van der Waals surface area contributed by atoms with Gasteiger partial charge in [0.1, 0.15) is 18.0 Å². The van der Waals surface area contributed by atoms with Gasteiger partial charge < -0.3 is 9.47 Å². The largest absolute Gasteiger partial charge is 0.489 e. The van der Waals surface area contributed by atoms with E-state index in [0.29, 0.717) is 6.61 Å². The molecule has 0 N–H and O–H groups in total. The second-order valence-electron chi connectivity index (χ2n) is 4.09. The standard InChI is InChI=1S/C11H12Br2O2/c1-7-3-8(12)10(13)9(4-7)14-5-11(2)6-15-11/h3-4H,5-6H2,1-2H3. The maximum absolute atomic E-state index is 5.72. The van der Waals surface area contributed by atoms with Crippen molar-refractivity contribution in [1.29, 1.82) is 0 Å². The Morgan fingerprint density at radius 2 is 2.13 bits per heavy atom. The SMILES string of the molecule is Cc1cc(Br)c(Br)c(OCC2(C)CO2)c1. The van der Waals surface area contributed by atoms with Crippen LogP contribution >= 0.6 is 31.9 Å². The molecule has 0 amide bonds. The summed E-state index contributed by atoms with van der Waals surface area (Å²) in [6.07, 6.45) is 0. The molecule has 2 nitrogen and oxygen atoms in total. The van der Waals surface area contributed by atoms with Gasteiger partial charge in [-0.2, -0.15) is 0 Å². The third kappa shape index (κ3) is 2.74. The van der Waals surface area contributed by atoms with Crippen LogP contribution in [-0.4, -0.2) is 18.8 Å². The smallest absolute Gasteiger partial charge is 0.135 e. The third-order valence-corrected chi connectivity index (χ3v) is 4.28. The Morgan fingerprint density at radius 3 is 2.73 bits per heavy atom. The third-order valence-electron chi connectivity index (χ3n) is 2.31. The average Bonchev–Trinajstić information content (AvgIpc) is 2.88. The van der Waals surface area contributed by atoms with Crippen molar-refractivity contribution in [2.45, 2.75) is 19.4 Å². The first-order valence-corrected chi connectivity index (χ1v) is 6.31. The van der Waals surface area contributed by atoms with E-state index < -0.39 is 0 Å². The lowest BCUT2D eigenvalue weighted by molar-refractivity contribution is 0.201. The molecule has 1 heterocycles. The van der Waals surface area contributed by atoms with Crippen LogP contribution in [0.5, 0.6) is 5.75 Å². The van der Waals surface area contributed by atoms with Gasteiger partial charge in [-0.25, -0.2) is 0 Å². The molecule has 0 spiro atoms. The van der Waals surface area contributed by atoms with Crippen LogP contribution in [-0.2, 0) is 4.74 Å². The Kier molecular flexibility index (Phi) is 3.10. The van der Waals surface area contributed by atoms with Gasteiger partial charge in [0, 0.05) is 4.47 Å². The Bertz CT molecular complexity index is 386. The second-order valence-corrected chi connectivity index (χ2v) is 5.73. The quantitative estimate of drug-likeness (QED) is 0.786. The van der Waals surface area contributed by atoms with Gasteiger partial charge in [-0.05, 0) is 63.4 Å². The predicted molar refractivity (Wildman–Crippen MR) is 66.4 cm³/mol. The number of hydrogen-bond donors (Lipinski definition) is 0. The van der Waals surface area contributed by atoms with E-state index in [0.717, 1.165) is 21.3 Å². The summed E-state index contributed by atoms with van der Waals surface area (Å²) in [5.41, 5.74) is 1.09. The number of ether oxygens (including phenoxy) is 2. The molecule has 1 aliphatic rings. The minimum absolute atomic E-state index is 0.0737. The van der Waals surface area contributed by atoms with Gasteiger partial charge in [0.05, 0.1) is 11.1 Å². The molecule has 1 unspecified atom stereocenters. The molecule has 0 aromatic heterocycles. The number of hydrogen-bond acceptors (Lipinski definition) is 2. The fourth-order valence-electron chi connectivity index (χ4n) is 1.23. The number of rotatable bonds is 3. The summed E-state index contributed by atoms with van der Waals surface area (Å²) >= 11 is 6.96. The van der Waals surface area contributed by atoms with Crippen molar-refractivity contribution in [2.24, 2.45) is 0 Å². The summed E-state index contributed by atoms with van der Waals surface area (Å²) in [6.45, 7) is 5.48. The number of halogens is 2. The first-order chi connectivity index (χ1) is 7.00. The highest BCUT2D eigenvalue weighted by atomic mass is 79.9. The van der Waals surface area contributed by atoms with Crippen LogP contribution in [0.4, 0.5) is 0 Å². The molecular weight excluding hydrogens is 324 g/mol. The van der Waals surface area contributed by atoms with E-state index in [2.05, 4.69) is 31.9 Å². The molecule has 1 aromatic carbocycles. The second kappa shape index (κ2) is 4.07. The summed E-state index contributed by atoms with van der Waals surface area (Å²) in [5.74, 6) is 0.860. The van der Waals surface area contributed by atoms with Gasteiger partial charge in [0.25, 0.3) is 0 Å². The molecule has 1 atom stereocenters. The topological polar surface area (TPSA) is 21.8 Å². The van der Waals surface area contributed by atoms with Crippen molar-refractivity contribution in [2.75, 3.05) is 13.2 Å². The van der Waals surface area contributed by atoms with Crippen molar-refractivity contribution >= 4 is 31.9 Å². The van der Waals surface area contributed by atoms with Crippen molar-refractivity contribution < 1.29 is 9.47 Å². The molecule has 82 valence electrons. The normalized spacial score (nSPS) is 24.0. The Hall–Kier alpha value is -0.0600. The first-order valence-electron chi connectivity index (χ1n) is 4.73. The zero-order valence-corrected chi connectivity index (χ0v) is 11.8. The highest BCUT2D eigenvalue weighted by molar-refractivity contribution is 9.13. The van der Waals surface area contributed by atoms with E-state index in [9.17, 15) is 0 Å². The van der Waals surface area contributed by atoms with E-state index in [4.69, 9.17) is 9.47 Å². The molecule has 1 aromatic rings. The summed E-state index contributed by atoms with van der Waals surface area (Å²) < 4.78 is 13.0. The molecule has 15 heavy (non-hydrogen) atoms. The monoisotopic (exact) mass is 334 g/mol. The number of epoxide rings is 1. The van der Waals surface area contributed by atoms with Crippen LogP contribution in [0.15, 0.2) is 21.1 Å². The molecule has 4 heteroatoms. The fourth-order valence-corrected chi connectivity index (χ4v) is 2.13. The number of benzene rings is 1. The molecule has 2 rings (SSSR count). The Labute approximate surface area is 106 Å². The molecule has 0 aliphatic carbocycles. The van der Waals surface area contributed by atoms with E-state index >= 15 is 0 Å². The molecular formula is C11H12Br2O2. The minimum Gasteiger partial charge on any atom is -0.489 e. The Morgan fingerprint density at radius 1 is 1.47 bits per heavy atom. The van der Waals surface area contributed by atoms with Gasteiger partial charge in [-0.15, -0.1) is 0 Å². The molecule has 0 radical (unpaired) electrons. The van der Waals surface area contributed by atoms with E-state index in [1.807, 2.05) is 26.0 Å². The molecule has 1 fully saturated rings. The van der Waals surface area contributed by atoms with Crippen molar-refractivity contribution in [3.05, 3.63) is 26.6 Å². The summed E-state index contributed by atoms with van der Waals surface area (Å²) in [4.78, 5) is 0. The highest BCUT2D eigenvalue weighted by Crippen LogP contribution is 2.35. The van der Waals surface area contributed by atoms with Gasteiger partial charge in [-0.1, -0.05) is 0 Å². The van der Waals surface area contributed by atoms with Gasteiger partial charge in [-0.3, -0.25) is 0 Å². The van der Waals surface area contributed by atoms with Crippen LogP contribution < -0.4 is 4.74 Å². The number of aryl methyl sites for hydroxylation is 1. The zero-order valence-electron chi connectivity index (χ0n) is 8.64. The van der Waals surface area contributed by atoms with E-state index in [1.165, 1.54) is 5.56 Å². The summed E-state index contributed by atoms with van der Waals surface area (Å²) in [6, 6.07) is 4.06. The zero-order chi connectivity index (χ0) is 11.1. The lowest BCUT2D eigenvalue weighted by atomic mass is 10.2. The minimum atomic E-state index is -0.0737. The first kappa shape index (κ1) is 11.4. The molecule has 1 saturated heterocycles. The lowest BCUT2D eigenvalue weighted by Crippen LogP contribution is -2.17. The molecule has 0 bridgehead atoms. The average molecular weight is 336 g/mol. The highest BCUT2D eigenvalue weighted by Gasteiger charge is 2.40. The summed E-state index contributed by atoms with van der Waals surface area (Å²) in [5, 5.41) is 0. The van der Waals surface area contributed by atoms with Gasteiger partial charge in [0.2, 0.25) is 0 Å². The van der Waals surface area contributed by atoms with Crippen LogP contribution in [0.25, 0.3) is 0 Å². The van der Waals surface area contributed by atoms with Crippen molar-refractivity contribution in [3.8, 4) is 5.75 Å². The van der Waals surface area contributed by atoms with Gasteiger partial charge in [0.15, 0.2) is 0 Å². The maximum Gasteiger partial charge on any atom is 0.135 e. The molecule has 1 aliphatic heterocycles. The van der Waals surface area contributed by atoms with E-state index in [1.54, 1.807) is 0 Å². The van der Waals surface area contributed by atoms with E-state index in [-0.39, 0.29) is 5.60 Å². The Balaban J connectivity index is 2.13. The lowest BCUT2D eigenvalue weighted by Gasteiger charge is -2.12. The fraction of sp³-hybridized carbons (Fsp3) is 0.455. The van der Waals surface area contributed by atoms with Crippen LogP contribution in [0, 0.1) is 6.92 Å². The predicted octanol–water partition coefficient (Wildman–Crippen LogP) is 3.69. The van der Waals surface area contributed by atoms with Crippen molar-refractivity contribution in [1.82, 2.24) is 0 Å². The van der Waals surface area contributed by atoms with Gasteiger partial charge >= 0.3 is 0 Å². The van der Waals surface area contributed by atoms with Crippen LogP contribution in [0.2, 0.25) is 0 Å². The van der Waals surface area contributed by atoms with Crippen LogP contribution in [0.3, 0.4) is 0 Å². The molecule has 0 saturated carbocycles.